The minimum Gasteiger partial charge on any atom is -0.0813 e. The van der Waals surface area contributed by atoms with Gasteiger partial charge in [0.05, 0.1) is 0 Å². The van der Waals surface area contributed by atoms with E-state index in [1.807, 2.05) is 0 Å². The summed E-state index contributed by atoms with van der Waals surface area (Å²) in [7, 11) is 0. The van der Waals surface area contributed by atoms with Gasteiger partial charge in [-0.1, -0.05) is 59.1 Å². The van der Waals surface area contributed by atoms with Crippen LogP contribution >= 0.6 is 0 Å². The van der Waals surface area contributed by atoms with E-state index in [0.29, 0.717) is 0 Å². The van der Waals surface area contributed by atoms with Crippen molar-refractivity contribution < 1.29 is 0 Å². The van der Waals surface area contributed by atoms with E-state index in [9.17, 15) is 0 Å². The van der Waals surface area contributed by atoms with Crippen molar-refractivity contribution in [2.75, 3.05) is 0 Å². The van der Waals surface area contributed by atoms with Crippen molar-refractivity contribution in [1.29, 1.82) is 0 Å². The van der Waals surface area contributed by atoms with E-state index in [2.05, 4.69) is 39.8 Å². The standard InChI is InChI=1S/C16H30/c1-5-9-11-14-16(13-10-6-2)15(8-4)12-7-3/h12,14H,5-11,13H2,1-4H3. The largest absolute Gasteiger partial charge is 0.0813 e. The lowest BCUT2D eigenvalue weighted by atomic mass is 9.96. The molecule has 0 atom stereocenters. The van der Waals surface area contributed by atoms with Crippen LogP contribution in [0.15, 0.2) is 23.3 Å². The number of allylic oxidation sites excluding steroid dienone is 4. The predicted octanol–water partition coefficient (Wildman–Crippen LogP) is 6.04. The minimum atomic E-state index is 1.17. The molecule has 16 heavy (non-hydrogen) atoms. The summed E-state index contributed by atoms with van der Waals surface area (Å²) in [4.78, 5) is 0. The second-order valence-electron chi connectivity index (χ2n) is 4.47. The van der Waals surface area contributed by atoms with Crippen molar-refractivity contribution in [2.24, 2.45) is 0 Å². The van der Waals surface area contributed by atoms with E-state index < -0.39 is 0 Å². The molecule has 0 N–H and O–H groups in total. The van der Waals surface area contributed by atoms with Gasteiger partial charge in [0.2, 0.25) is 0 Å². The first kappa shape index (κ1) is 15.5. The fraction of sp³-hybridized carbons (Fsp3) is 0.750. The molecule has 0 aromatic heterocycles. The molecule has 0 heterocycles. The average molecular weight is 222 g/mol. The van der Waals surface area contributed by atoms with E-state index in [1.165, 1.54) is 51.4 Å². The summed E-state index contributed by atoms with van der Waals surface area (Å²) in [5.74, 6) is 0. The zero-order valence-corrected chi connectivity index (χ0v) is 11.8. The van der Waals surface area contributed by atoms with Crippen molar-refractivity contribution in [2.45, 2.75) is 79.1 Å². The van der Waals surface area contributed by atoms with Gasteiger partial charge in [0, 0.05) is 0 Å². The topological polar surface area (TPSA) is 0 Å². The third-order valence-corrected chi connectivity index (χ3v) is 2.99. The summed E-state index contributed by atoms with van der Waals surface area (Å²) < 4.78 is 0. The fourth-order valence-electron chi connectivity index (χ4n) is 1.99. The van der Waals surface area contributed by atoms with Gasteiger partial charge in [0.15, 0.2) is 0 Å². The highest BCUT2D eigenvalue weighted by molar-refractivity contribution is 5.30. The lowest BCUT2D eigenvalue weighted by Crippen LogP contribution is -1.90. The summed E-state index contributed by atoms with van der Waals surface area (Å²) in [6, 6.07) is 0. The Morgan fingerprint density at radius 2 is 1.50 bits per heavy atom. The quantitative estimate of drug-likeness (QED) is 0.329. The molecule has 0 bridgehead atoms. The maximum atomic E-state index is 2.49. The lowest BCUT2D eigenvalue weighted by Gasteiger charge is -2.10. The fourth-order valence-corrected chi connectivity index (χ4v) is 1.99. The van der Waals surface area contributed by atoms with Crippen LogP contribution in [-0.4, -0.2) is 0 Å². The summed E-state index contributed by atoms with van der Waals surface area (Å²) in [5, 5.41) is 0. The molecule has 0 amide bonds. The molecule has 0 spiro atoms. The van der Waals surface area contributed by atoms with Gasteiger partial charge in [-0.25, -0.2) is 0 Å². The highest BCUT2D eigenvalue weighted by Crippen LogP contribution is 2.22. The Morgan fingerprint density at radius 1 is 0.812 bits per heavy atom. The first-order valence-corrected chi connectivity index (χ1v) is 7.18. The molecule has 0 aromatic rings. The van der Waals surface area contributed by atoms with Gasteiger partial charge in [-0.15, -0.1) is 0 Å². The molecule has 0 aliphatic rings. The number of unbranched alkanes of at least 4 members (excludes halogenated alkanes) is 3. The molecule has 0 heteroatoms. The monoisotopic (exact) mass is 222 g/mol. The Balaban J connectivity index is 4.49. The van der Waals surface area contributed by atoms with Crippen LogP contribution in [0.2, 0.25) is 0 Å². The first-order chi connectivity index (χ1) is 7.79. The lowest BCUT2D eigenvalue weighted by molar-refractivity contribution is 0.766. The Kier molecular flexibility index (Phi) is 10.6. The maximum Gasteiger partial charge on any atom is -0.0280 e. The van der Waals surface area contributed by atoms with Crippen LogP contribution in [0, 0.1) is 0 Å². The average Bonchev–Trinajstić information content (AvgIpc) is 2.31. The third kappa shape index (κ3) is 6.87. The Labute approximate surface area is 103 Å². The Hall–Kier alpha value is -0.520. The second-order valence-corrected chi connectivity index (χ2v) is 4.47. The van der Waals surface area contributed by atoms with Crippen LogP contribution in [0.3, 0.4) is 0 Å². The van der Waals surface area contributed by atoms with Crippen LogP contribution in [-0.2, 0) is 0 Å². The van der Waals surface area contributed by atoms with Gasteiger partial charge in [-0.2, -0.15) is 0 Å². The number of hydrogen-bond donors (Lipinski definition) is 0. The van der Waals surface area contributed by atoms with Crippen LogP contribution in [0.4, 0.5) is 0 Å². The highest BCUT2D eigenvalue weighted by atomic mass is 14.1. The molecule has 0 aliphatic carbocycles. The summed E-state index contributed by atoms with van der Waals surface area (Å²) >= 11 is 0. The van der Waals surface area contributed by atoms with Gasteiger partial charge in [-0.3, -0.25) is 0 Å². The van der Waals surface area contributed by atoms with Gasteiger partial charge in [0.25, 0.3) is 0 Å². The van der Waals surface area contributed by atoms with Crippen LogP contribution < -0.4 is 0 Å². The van der Waals surface area contributed by atoms with Gasteiger partial charge < -0.3 is 0 Å². The van der Waals surface area contributed by atoms with E-state index >= 15 is 0 Å². The van der Waals surface area contributed by atoms with Crippen LogP contribution in [0.5, 0.6) is 0 Å². The van der Waals surface area contributed by atoms with Gasteiger partial charge in [0.1, 0.15) is 0 Å². The SMILES string of the molecule is CCC=C(CC)C(=CCCCC)CCCC. The highest BCUT2D eigenvalue weighted by Gasteiger charge is 2.02. The zero-order chi connectivity index (χ0) is 12.2. The molecule has 0 saturated carbocycles. The second kappa shape index (κ2) is 11.0. The summed E-state index contributed by atoms with van der Waals surface area (Å²) in [6.45, 7) is 9.06. The smallest absolute Gasteiger partial charge is 0.0280 e. The number of rotatable bonds is 9. The molecular weight excluding hydrogens is 192 g/mol. The summed E-state index contributed by atoms with van der Waals surface area (Å²) in [5.41, 5.74) is 3.21. The van der Waals surface area contributed by atoms with Gasteiger partial charge in [-0.05, 0) is 43.3 Å². The zero-order valence-electron chi connectivity index (χ0n) is 11.8. The van der Waals surface area contributed by atoms with Crippen molar-refractivity contribution in [3.8, 4) is 0 Å². The molecule has 0 unspecified atom stereocenters. The molecule has 0 radical (unpaired) electrons. The van der Waals surface area contributed by atoms with E-state index in [0.717, 1.165) is 0 Å². The van der Waals surface area contributed by atoms with Crippen molar-refractivity contribution in [1.82, 2.24) is 0 Å². The molecule has 0 rings (SSSR count). The molecular formula is C16H30. The molecule has 94 valence electrons. The van der Waals surface area contributed by atoms with E-state index in [1.54, 1.807) is 11.1 Å². The van der Waals surface area contributed by atoms with Crippen molar-refractivity contribution in [3.05, 3.63) is 23.3 Å². The van der Waals surface area contributed by atoms with Crippen molar-refractivity contribution in [3.63, 3.8) is 0 Å². The van der Waals surface area contributed by atoms with E-state index in [4.69, 9.17) is 0 Å². The molecule has 0 aliphatic heterocycles. The molecule has 0 aromatic carbocycles. The molecule has 0 nitrogen and oxygen atoms in total. The molecule has 0 saturated heterocycles. The third-order valence-electron chi connectivity index (χ3n) is 2.99. The van der Waals surface area contributed by atoms with Gasteiger partial charge >= 0.3 is 0 Å². The Bertz CT molecular complexity index is 208. The summed E-state index contributed by atoms with van der Waals surface area (Å²) in [6.07, 6.45) is 15.1. The van der Waals surface area contributed by atoms with Crippen molar-refractivity contribution >= 4 is 0 Å². The van der Waals surface area contributed by atoms with Crippen LogP contribution in [0.25, 0.3) is 0 Å². The normalized spacial score (nSPS) is 13.2. The Morgan fingerprint density at radius 3 is 2.00 bits per heavy atom. The van der Waals surface area contributed by atoms with Crippen LogP contribution in [0.1, 0.15) is 79.1 Å². The number of hydrogen-bond acceptors (Lipinski definition) is 0. The minimum absolute atomic E-state index is 1.17. The maximum absolute atomic E-state index is 2.49. The van der Waals surface area contributed by atoms with E-state index in [-0.39, 0.29) is 0 Å². The predicted molar refractivity (Wildman–Crippen MR) is 75.8 cm³/mol. The first-order valence-electron chi connectivity index (χ1n) is 7.18. The molecule has 0 fully saturated rings.